The molecule has 228 valence electrons. The summed E-state index contributed by atoms with van der Waals surface area (Å²) in [5.41, 5.74) is 10.5. The summed E-state index contributed by atoms with van der Waals surface area (Å²) in [4.78, 5) is 23.3. The minimum atomic E-state index is -0.582. The first kappa shape index (κ1) is 32.2. The lowest BCUT2D eigenvalue weighted by Gasteiger charge is -2.34. The van der Waals surface area contributed by atoms with Gasteiger partial charge in [-0.2, -0.15) is 0 Å². The first-order valence-corrected chi connectivity index (χ1v) is 14.7. The smallest absolute Gasteiger partial charge is 0.237 e. The molecule has 1 saturated heterocycles. The van der Waals surface area contributed by atoms with Gasteiger partial charge in [0.1, 0.15) is 17.2 Å². The van der Waals surface area contributed by atoms with Crippen molar-refractivity contribution in [2.75, 3.05) is 27.1 Å². The van der Waals surface area contributed by atoms with Crippen LogP contribution in [0.3, 0.4) is 0 Å². The van der Waals surface area contributed by atoms with E-state index in [4.69, 9.17) is 31.5 Å². The quantitative estimate of drug-likeness (QED) is 0.124. The van der Waals surface area contributed by atoms with Gasteiger partial charge in [0.2, 0.25) is 11.8 Å². The summed E-state index contributed by atoms with van der Waals surface area (Å²) in [6.07, 6.45) is 1.64. The summed E-state index contributed by atoms with van der Waals surface area (Å²) in [5.74, 6) is 2.01. The Morgan fingerprint density at radius 3 is 1.55 bits per heavy atom. The highest BCUT2D eigenvalue weighted by atomic mass is 35.5. The Kier molecular flexibility index (Phi) is 10.7. The molecule has 0 radical (unpaired) electrons. The molecule has 0 saturated carbocycles. The predicted molar refractivity (Wildman–Crippen MR) is 176 cm³/mol. The first-order valence-electron chi connectivity index (χ1n) is 14.3. The number of rotatable bonds is 8. The number of carbonyl (C=O) groups excluding carboxylic acids is 2. The van der Waals surface area contributed by atoms with E-state index in [-0.39, 0.29) is 11.8 Å². The molecule has 44 heavy (non-hydrogen) atoms. The molecule has 1 aliphatic rings. The zero-order chi connectivity index (χ0) is 31.7. The van der Waals surface area contributed by atoms with Crippen LogP contribution in [0.1, 0.15) is 48.4 Å². The Morgan fingerprint density at radius 1 is 0.727 bits per heavy atom. The highest BCUT2D eigenvalue weighted by Gasteiger charge is 2.42. The van der Waals surface area contributed by atoms with E-state index in [0.29, 0.717) is 30.0 Å². The molecule has 0 spiro atoms. The highest BCUT2D eigenvalue weighted by Crippen LogP contribution is 2.37. The number of hydrogen-bond donors (Lipinski definition) is 2. The van der Waals surface area contributed by atoms with E-state index in [1.807, 2.05) is 91.9 Å². The van der Waals surface area contributed by atoms with Crippen LogP contribution in [0.25, 0.3) is 10.6 Å². The maximum atomic E-state index is 12.1. The fraction of sp³-hybridized carbons (Fsp3) is 0.222. The average molecular weight is 613 g/mol. The van der Waals surface area contributed by atoms with E-state index in [1.165, 1.54) is 0 Å². The van der Waals surface area contributed by atoms with Gasteiger partial charge in [0.25, 0.3) is 0 Å². The van der Waals surface area contributed by atoms with Crippen LogP contribution in [0.2, 0.25) is 0 Å². The third-order valence-corrected chi connectivity index (χ3v) is 8.26. The molecule has 2 amide bonds. The summed E-state index contributed by atoms with van der Waals surface area (Å²) in [6.45, 7) is 1.96. The van der Waals surface area contributed by atoms with E-state index in [9.17, 15) is 9.59 Å². The van der Waals surface area contributed by atoms with E-state index < -0.39 is 5.41 Å². The second-order valence-electron chi connectivity index (χ2n) is 10.3. The Labute approximate surface area is 263 Å². The van der Waals surface area contributed by atoms with Gasteiger partial charge in [0, 0.05) is 17.7 Å². The van der Waals surface area contributed by atoms with Crippen molar-refractivity contribution in [3.05, 3.63) is 119 Å². The van der Waals surface area contributed by atoms with Gasteiger partial charge >= 0.3 is 0 Å². The number of halogens is 1. The van der Waals surface area contributed by atoms with Crippen molar-refractivity contribution >= 4 is 39.7 Å². The number of nitrogen functional groups attached to an aromatic ring is 1. The van der Waals surface area contributed by atoms with Crippen LogP contribution in [0.4, 0.5) is 5.69 Å². The van der Waals surface area contributed by atoms with Gasteiger partial charge in [-0.05, 0) is 95.8 Å². The van der Waals surface area contributed by atoms with Gasteiger partial charge in [-0.3, -0.25) is 14.9 Å². The van der Waals surface area contributed by atoms with Crippen LogP contribution >= 0.6 is 11.6 Å². The number of nitrogens with two attached hydrogens (primary N) is 1. The first-order chi connectivity index (χ1) is 21.2. The highest BCUT2D eigenvalue weighted by molar-refractivity contribution is 6.53. The number of anilines is 1. The van der Waals surface area contributed by atoms with Crippen LogP contribution in [0, 0.1) is 0 Å². The standard InChI is InChI=1S/C23H21ClO3.C13H16N2O2/c1-25-19-10-4-16(5-11-19)22(17-6-12-20(26-2)13-7-17)23(24)18-8-14-21(27-3)15-9-18;1-2-13(8-7-11(16)15-12(13)17)9-3-5-10(14)6-4-9/h4-15H,1-3H3;3-6H,2,7-8,14H2,1H3,(H,15,16,17). The molecule has 0 bridgehead atoms. The van der Waals surface area contributed by atoms with Gasteiger partial charge in [-0.15, -0.1) is 0 Å². The number of carbonyl (C=O) groups is 2. The van der Waals surface area contributed by atoms with Crippen LogP contribution in [0.5, 0.6) is 17.2 Å². The SMILES string of the molecule is CCC1(c2ccc(N)cc2)CCC(=O)NC1=O.COc1ccc(C(Cl)=C(c2ccc(OC)cc2)c2ccc(OC)cc2)cc1. The minimum Gasteiger partial charge on any atom is -0.497 e. The largest absolute Gasteiger partial charge is 0.497 e. The molecule has 1 unspecified atom stereocenters. The summed E-state index contributed by atoms with van der Waals surface area (Å²) in [6, 6.07) is 30.7. The topological polar surface area (TPSA) is 99.9 Å². The van der Waals surface area contributed by atoms with Gasteiger partial charge in [0.15, 0.2) is 0 Å². The summed E-state index contributed by atoms with van der Waals surface area (Å²) in [5, 5.41) is 3.09. The zero-order valence-electron chi connectivity index (χ0n) is 25.4. The Balaban J connectivity index is 0.000000223. The van der Waals surface area contributed by atoms with E-state index in [0.717, 1.165) is 45.1 Å². The minimum absolute atomic E-state index is 0.186. The molecule has 4 aromatic carbocycles. The molecule has 1 aliphatic heterocycles. The third-order valence-electron chi connectivity index (χ3n) is 7.85. The lowest BCUT2D eigenvalue weighted by molar-refractivity contribution is -0.138. The van der Waals surface area contributed by atoms with Crippen LogP contribution in [-0.2, 0) is 15.0 Å². The second kappa shape index (κ2) is 14.6. The van der Waals surface area contributed by atoms with E-state index in [1.54, 1.807) is 33.5 Å². The van der Waals surface area contributed by atoms with Gasteiger partial charge in [0.05, 0.1) is 31.8 Å². The molecule has 7 nitrogen and oxygen atoms in total. The monoisotopic (exact) mass is 612 g/mol. The molecule has 0 aromatic heterocycles. The van der Waals surface area contributed by atoms with Crippen molar-refractivity contribution in [3.63, 3.8) is 0 Å². The summed E-state index contributed by atoms with van der Waals surface area (Å²) < 4.78 is 15.8. The molecule has 1 fully saturated rings. The van der Waals surface area contributed by atoms with Crippen LogP contribution in [-0.4, -0.2) is 33.1 Å². The van der Waals surface area contributed by atoms with Gasteiger partial charge in [-0.1, -0.05) is 54.9 Å². The number of piperidine rings is 1. The Hall–Kier alpha value is -4.75. The number of amides is 2. The van der Waals surface area contributed by atoms with Crippen molar-refractivity contribution in [1.82, 2.24) is 5.32 Å². The normalized spacial score (nSPS) is 15.8. The molecule has 4 aromatic rings. The van der Waals surface area contributed by atoms with Crippen molar-refractivity contribution in [2.24, 2.45) is 0 Å². The Morgan fingerprint density at radius 2 is 1.16 bits per heavy atom. The molecular formula is C36H37ClN2O5. The van der Waals surface area contributed by atoms with Crippen molar-refractivity contribution in [2.45, 2.75) is 31.6 Å². The summed E-state index contributed by atoms with van der Waals surface area (Å²) in [7, 11) is 4.95. The molecule has 1 atom stereocenters. The van der Waals surface area contributed by atoms with Crippen LogP contribution in [0.15, 0.2) is 97.1 Å². The van der Waals surface area contributed by atoms with E-state index >= 15 is 0 Å². The number of imide groups is 1. The lowest BCUT2D eigenvalue weighted by Crippen LogP contribution is -2.51. The number of benzene rings is 4. The fourth-order valence-electron chi connectivity index (χ4n) is 5.19. The molecular weight excluding hydrogens is 576 g/mol. The number of ether oxygens (including phenoxy) is 3. The number of methoxy groups -OCH3 is 3. The van der Waals surface area contributed by atoms with Gasteiger partial charge < -0.3 is 19.9 Å². The number of nitrogens with one attached hydrogen (secondary N) is 1. The predicted octanol–water partition coefficient (Wildman–Crippen LogP) is 7.22. The zero-order valence-corrected chi connectivity index (χ0v) is 26.1. The lowest BCUT2D eigenvalue weighted by atomic mass is 9.72. The Bertz CT molecular complexity index is 1550. The maximum absolute atomic E-state index is 12.1. The van der Waals surface area contributed by atoms with Crippen molar-refractivity contribution in [1.29, 1.82) is 0 Å². The van der Waals surface area contributed by atoms with Crippen molar-refractivity contribution in [3.8, 4) is 17.2 Å². The molecule has 1 heterocycles. The maximum Gasteiger partial charge on any atom is 0.237 e. The molecule has 0 aliphatic carbocycles. The van der Waals surface area contributed by atoms with Crippen molar-refractivity contribution < 1.29 is 23.8 Å². The summed E-state index contributed by atoms with van der Waals surface area (Å²) >= 11 is 6.86. The number of hydrogen-bond acceptors (Lipinski definition) is 6. The molecule has 5 rings (SSSR count). The fourth-order valence-corrected chi connectivity index (χ4v) is 5.53. The van der Waals surface area contributed by atoms with E-state index in [2.05, 4.69) is 5.32 Å². The third kappa shape index (κ3) is 7.24. The molecule has 8 heteroatoms. The molecule has 3 N–H and O–H groups in total. The second-order valence-corrected chi connectivity index (χ2v) is 10.7. The average Bonchev–Trinajstić information content (AvgIpc) is 3.06. The van der Waals surface area contributed by atoms with Gasteiger partial charge in [-0.25, -0.2) is 0 Å². The van der Waals surface area contributed by atoms with Crippen LogP contribution < -0.4 is 25.3 Å².